The summed E-state index contributed by atoms with van der Waals surface area (Å²) in [6, 6.07) is 23.3. The van der Waals surface area contributed by atoms with Gasteiger partial charge in [0.2, 0.25) is 5.91 Å². The van der Waals surface area contributed by atoms with Crippen LogP contribution < -0.4 is 10.9 Å². The molecular weight excluding hydrogens is 376 g/mol. The van der Waals surface area contributed by atoms with Crippen molar-refractivity contribution in [1.29, 1.82) is 0 Å². The van der Waals surface area contributed by atoms with Crippen molar-refractivity contribution in [2.75, 3.05) is 5.32 Å². The molecule has 1 atom stereocenters. The summed E-state index contributed by atoms with van der Waals surface area (Å²) in [6.45, 7) is 1.65. The largest absolute Gasteiger partial charge is 0.324 e. The highest BCUT2D eigenvalue weighted by atomic mass is 16.2. The van der Waals surface area contributed by atoms with Crippen molar-refractivity contribution < 1.29 is 4.79 Å². The molecule has 6 nitrogen and oxygen atoms in total. The first-order valence-corrected chi connectivity index (χ1v) is 9.59. The third-order valence-corrected chi connectivity index (χ3v) is 4.80. The number of nitrogens with zero attached hydrogens (tertiary/aromatic N) is 3. The van der Waals surface area contributed by atoms with E-state index in [2.05, 4.69) is 15.4 Å². The normalized spacial score (nSPS) is 11.6. The van der Waals surface area contributed by atoms with Gasteiger partial charge < -0.3 is 5.32 Å². The van der Waals surface area contributed by atoms with E-state index in [4.69, 9.17) is 0 Å². The van der Waals surface area contributed by atoms with Gasteiger partial charge in [0.05, 0.1) is 5.69 Å². The summed E-state index contributed by atoms with van der Waals surface area (Å²) >= 11 is 0. The number of hydrogen-bond donors (Lipinski definition) is 1. The predicted octanol–water partition coefficient (Wildman–Crippen LogP) is 4.17. The van der Waals surface area contributed by atoms with Gasteiger partial charge in [-0.3, -0.25) is 14.6 Å². The third kappa shape index (κ3) is 4.03. The molecule has 0 spiro atoms. The third-order valence-electron chi connectivity index (χ3n) is 4.80. The van der Waals surface area contributed by atoms with Crippen LogP contribution in [-0.2, 0) is 4.79 Å². The number of aromatic nitrogens is 3. The van der Waals surface area contributed by atoms with Gasteiger partial charge in [0.15, 0.2) is 0 Å². The first-order chi connectivity index (χ1) is 14.6. The van der Waals surface area contributed by atoms with Gasteiger partial charge >= 0.3 is 0 Å². The molecule has 2 aromatic heterocycles. The maximum absolute atomic E-state index is 13.0. The first kappa shape index (κ1) is 19.3. The lowest BCUT2D eigenvalue weighted by atomic mass is 10.0. The predicted molar refractivity (Wildman–Crippen MR) is 117 cm³/mol. The van der Waals surface area contributed by atoms with Crippen molar-refractivity contribution in [1.82, 2.24) is 14.8 Å². The highest BCUT2D eigenvalue weighted by Crippen LogP contribution is 2.28. The van der Waals surface area contributed by atoms with Crippen molar-refractivity contribution in [2.45, 2.75) is 13.0 Å². The molecule has 0 bridgehead atoms. The van der Waals surface area contributed by atoms with E-state index >= 15 is 0 Å². The van der Waals surface area contributed by atoms with Crippen LogP contribution in [0.3, 0.4) is 0 Å². The molecule has 1 N–H and O–H groups in total. The number of benzene rings is 2. The summed E-state index contributed by atoms with van der Waals surface area (Å²) in [5, 5.41) is 7.33. The molecule has 4 aromatic rings. The van der Waals surface area contributed by atoms with Gasteiger partial charge in [0, 0.05) is 35.3 Å². The molecule has 0 radical (unpaired) electrons. The zero-order chi connectivity index (χ0) is 20.9. The van der Waals surface area contributed by atoms with Crippen LogP contribution in [-0.4, -0.2) is 20.7 Å². The average molecular weight is 396 g/mol. The number of hydrogen-bond acceptors (Lipinski definition) is 4. The fraction of sp³-hybridized carbons (Fsp3) is 0.0833. The van der Waals surface area contributed by atoms with Crippen LogP contribution in [0.15, 0.2) is 96.1 Å². The second-order valence-corrected chi connectivity index (χ2v) is 6.82. The van der Waals surface area contributed by atoms with E-state index in [1.165, 1.54) is 10.7 Å². The quantitative estimate of drug-likeness (QED) is 0.549. The van der Waals surface area contributed by atoms with E-state index in [0.29, 0.717) is 11.4 Å². The van der Waals surface area contributed by atoms with Crippen LogP contribution in [0, 0.1) is 0 Å². The fourth-order valence-electron chi connectivity index (χ4n) is 3.18. The highest BCUT2D eigenvalue weighted by molar-refractivity contribution is 5.97. The number of para-hydroxylation sites is 1. The van der Waals surface area contributed by atoms with Crippen LogP contribution in [0.5, 0.6) is 0 Å². The Bertz CT molecular complexity index is 1220. The van der Waals surface area contributed by atoms with Gasteiger partial charge in [-0.2, -0.15) is 5.10 Å². The molecule has 2 aromatic carbocycles. The van der Waals surface area contributed by atoms with Crippen molar-refractivity contribution in [3.63, 3.8) is 0 Å². The maximum Gasteiger partial charge on any atom is 0.267 e. The smallest absolute Gasteiger partial charge is 0.267 e. The second kappa shape index (κ2) is 8.53. The Morgan fingerprint density at radius 3 is 2.40 bits per heavy atom. The lowest BCUT2D eigenvalue weighted by Gasteiger charge is -2.17. The molecule has 0 aliphatic carbocycles. The Morgan fingerprint density at radius 2 is 1.63 bits per heavy atom. The Labute approximate surface area is 173 Å². The molecule has 4 rings (SSSR count). The first-order valence-electron chi connectivity index (χ1n) is 9.59. The Morgan fingerprint density at radius 1 is 0.900 bits per heavy atom. The van der Waals surface area contributed by atoms with Gasteiger partial charge in [-0.25, -0.2) is 4.68 Å². The maximum atomic E-state index is 13.0. The Hall–Kier alpha value is -4.06. The summed E-state index contributed by atoms with van der Waals surface area (Å²) in [6.07, 6.45) is 3.33. The van der Waals surface area contributed by atoms with Crippen LogP contribution in [0.4, 0.5) is 5.69 Å². The van der Waals surface area contributed by atoms with E-state index < -0.39 is 6.04 Å². The van der Waals surface area contributed by atoms with Crippen LogP contribution in [0.2, 0.25) is 0 Å². The van der Waals surface area contributed by atoms with E-state index in [9.17, 15) is 9.59 Å². The molecule has 6 heteroatoms. The van der Waals surface area contributed by atoms with Gasteiger partial charge in [0.25, 0.3) is 5.56 Å². The summed E-state index contributed by atoms with van der Waals surface area (Å²) in [4.78, 5) is 29.4. The Kier molecular flexibility index (Phi) is 5.48. The number of amides is 1. The summed E-state index contributed by atoms with van der Waals surface area (Å²) in [7, 11) is 0. The Balaban J connectivity index is 1.62. The highest BCUT2D eigenvalue weighted by Gasteiger charge is 2.19. The van der Waals surface area contributed by atoms with Crippen molar-refractivity contribution in [2.24, 2.45) is 0 Å². The minimum atomic E-state index is -0.794. The molecule has 1 unspecified atom stereocenters. The second-order valence-electron chi connectivity index (χ2n) is 6.82. The summed E-state index contributed by atoms with van der Waals surface area (Å²) < 4.78 is 1.20. The SMILES string of the molecule is CC(C(=O)Nc1ccccc1-c1ccccc1)n1nc(-c2cccnc2)ccc1=O. The molecule has 1 amide bonds. The minimum absolute atomic E-state index is 0.323. The average Bonchev–Trinajstić information content (AvgIpc) is 2.80. The van der Waals surface area contributed by atoms with Crippen molar-refractivity contribution >= 4 is 11.6 Å². The van der Waals surface area contributed by atoms with Crippen LogP contribution in [0.1, 0.15) is 13.0 Å². The molecule has 148 valence electrons. The molecule has 0 aliphatic heterocycles. The van der Waals surface area contributed by atoms with Gasteiger partial charge in [-0.15, -0.1) is 0 Å². The molecule has 0 saturated carbocycles. The number of pyridine rings is 1. The number of nitrogens with one attached hydrogen (secondary N) is 1. The molecule has 0 aliphatic rings. The number of carbonyl (C=O) groups is 1. The number of rotatable bonds is 5. The van der Waals surface area contributed by atoms with Gasteiger partial charge in [-0.1, -0.05) is 48.5 Å². The lowest BCUT2D eigenvalue weighted by molar-refractivity contribution is -0.119. The van der Waals surface area contributed by atoms with E-state index in [1.54, 1.807) is 31.5 Å². The lowest BCUT2D eigenvalue weighted by Crippen LogP contribution is -2.33. The van der Waals surface area contributed by atoms with Crippen LogP contribution >= 0.6 is 0 Å². The topological polar surface area (TPSA) is 76.9 Å². The molecule has 30 heavy (non-hydrogen) atoms. The monoisotopic (exact) mass is 396 g/mol. The fourth-order valence-corrected chi connectivity index (χ4v) is 3.18. The standard InChI is InChI=1S/C24H20N4O2/c1-17(28-23(29)14-13-21(27-28)19-10-7-15-25-16-19)24(30)26-22-12-6-5-11-20(22)18-8-3-2-4-9-18/h2-17H,1H3,(H,26,30). The van der Waals surface area contributed by atoms with Crippen molar-refractivity contribution in [3.05, 3.63) is 102 Å². The number of anilines is 1. The molecule has 0 fully saturated rings. The molecule has 2 heterocycles. The molecular formula is C24H20N4O2. The zero-order valence-electron chi connectivity index (χ0n) is 16.4. The van der Waals surface area contributed by atoms with E-state index in [-0.39, 0.29) is 11.5 Å². The van der Waals surface area contributed by atoms with Gasteiger partial charge in [-0.05, 0) is 36.8 Å². The van der Waals surface area contributed by atoms with Gasteiger partial charge in [0.1, 0.15) is 6.04 Å². The zero-order valence-corrected chi connectivity index (χ0v) is 16.4. The summed E-state index contributed by atoms with van der Waals surface area (Å²) in [5.74, 6) is -0.323. The van der Waals surface area contributed by atoms with E-state index in [1.807, 2.05) is 60.7 Å². The molecule has 0 saturated heterocycles. The van der Waals surface area contributed by atoms with Crippen molar-refractivity contribution in [3.8, 4) is 22.4 Å². The number of carbonyl (C=O) groups excluding carboxylic acids is 1. The van der Waals surface area contributed by atoms with Crippen LogP contribution in [0.25, 0.3) is 22.4 Å². The minimum Gasteiger partial charge on any atom is -0.324 e. The summed E-state index contributed by atoms with van der Waals surface area (Å²) in [5.41, 5.74) is 3.58. The van der Waals surface area contributed by atoms with E-state index in [0.717, 1.165) is 16.7 Å².